The molecule has 0 amide bonds. The van der Waals surface area contributed by atoms with Crippen molar-refractivity contribution in [1.29, 1.82) is 0 Å². The van der Waals surface area contributed by atoms with Crippen LogP contribution in [0.5, 0.6) is 5.75 Å². The summed E-state index contributed by atoms with van der Waals surface area (Å²) >= 11 is 0. The highest BCUT2D eigenvalue weighted by atomic mass is 19.1. The fourth-order valence-electron chi connectivity index (χ4n) is 1.16. The van der Waals surface area contributed by atoms with Gasteiger partial charge in [-0.2, -0.15) is 0 Å². The molecule has 0 fully saturated rings. The molecule has 0 aliphatic rings. The second kappa shape index (κ2) is 4.94. The van der Waals surface area contributed by atoms with Crippen LogP contribution in [0.1, 0.15) is 29.8 Å². The summed E-state index contributed by atoms with van der Waals surface area (Å²) in [6.07, 6.45) is -0.0369. The molecule has 1 aromatic rings. The molecule has 0 aliphatic heterocycles. The number of hydrogen-bond donors (Lipinski definition) is 2. The molecule has 0 aliphatic carbocycles. The average molecular weight is 228 g/mol. The lowest BCUT2D eigenvalue weighted by Crippen LogP contribution is -2.05. The number of carboxylic acid groups (broad SMARTS) is 1. The lowest BCUT2D eigenvalue weighted by atomic mass is 10.1. The third-order valence-corrected chi connectivity index (χ3v) is 1.94. The van der Waals surface area contributed by atoms with E-state index in [1.165, 1.54) is 6.07 Å². The van der Waals surface area contributed by atoms with Crippen LogP contribution >= 0.6 is 0 Å². The van der Waals surface area contributed by atoms with Gasteiger partial charge in [0.05, 0.1) is 12.7 Å². The van der Waals surface area contributed by atoms with Crippen LogP contribution in [0.4, 0.5) is 4.39 Å². The molecule has 2 N–H and O–H groups in total. The summed E-state index contributed by atoms with van der Waals surface area (Å²) in [5.41, 5.74) is -0.0799. The van der Waals surface area contributed by atoms with Crippen molar-refractivity contribution in [1.82, 2.24) is 0 Å². The van der Waals surface area contributed by atoms with E-state index in [1.54, 1.807) is 0 Å². The van der Waals surface area contributed by atoms with E-state index < -0.39 is 23.1 Å². The van der Waals surface area contributed by atoms with Crippen molar-refractivity contribution in [3.63, 3.8) is 0 Å². The van der Waals surface area contributed by atoms with Crippen molar-refractivity contribution in [2.24, 2.45) is 0 Å². The largest absolute Gasteiger partial charge is 0.504 e. The Kier molecular flexibility index (Phi) is 3.84. The molecule has 4 nitrogen and oxygen atoms in total. The second-order valence-corrected chi connectivity index (χ2v) is 3.64. The molecule has 0 bridgehead atoms. The molecule has 88 valence electrons. The van der Waals surface area contributed by atoms with Gasteiger partial charge in [0.2, 0.25) is 0 Å². The molecule has 1 rings (SSSR count). The third-order valence-electron chi connectivity index (χ3n) is 1.94. The monoisotopic (exact) mass is 228 g/mol. The number of aromatic carboxylic acids is 1. The predicted molar refractivity (Wildman–Crippen MR) is 54.9 cm³/mol. The maximum absolute atomic E-state index is 13.2. The maximum atomic E-state index is 13.2. The van der Waals surface area contributed by atoms with E-state index >= 15 is 0 Å². The van der Waals surface area contributed by atoms with Crippen molar-refractivity contribution >= 4 is 5.97 Å². The molecule has 16 heavy (non-hydrogen) atoms. The predicted octanol–water partition coefficient (Wildman–Crippen LogP) is 2.15. The highest BCUT2D eigenvalue weighted by Crippen LogP contribution is 2.23. The van der Waals surface area contributed by atoms with Crippen molar-refractivity contribution in [2.45, 2.75) is 26.6 Å². The Labute approximate surface area is 92.3 Å². The lowest BCUT2D eigenvalue weighted by molar-refractivity contribution is 0.0649. The van der Waals surface area contributed by atoms with Gasteiger partial charge in [-0.15, -0.1) is 0 Å². The summed E-state index contributed by atoms with van der Waals surface area (Å²) in [7, 11) is 0. The first kappa shape index (κ1) is 12.4. The molecule has 1 aromatic carbocycles. The molecular weight excluding hydrogens is 215 g/mol. The normalized spacial score (nSPS) is 10.8. The fourth-order valence-corrected chi connectivity index (χ4v) is 1.16. The van der Waals surface area contributed by atoms with Gasteiger partial charge in [-0.25, -0.2) is 9.18 Å². The Bertz CT molecular complexity index is 401. The topological polar surface area (TPSA) is 66.8 Å². The first-order valence-corrected chi connectivity index (χ1v) is 4.78. The van der Waals surface area contributed by atoms with Crippen LogP contribution in [0.25, 0.3) is 0 Å². The Morgan fingerprint density at radius 1 is 1.50 bits per heavy atom. The highest BCUT2D eigenvalue weighted by Gasteiger charge is 2.15. The summed E-state index contributed by atoms with van der Waals surface area (Å²) in [5, 5.41) is 17.9. The minimum Gasteiger partial charge on any atom is -0.504 e. The van der Waals surface area contributed by atoms with E-state index in [2.05, 4.69) is 0 Å². The van der Waals surface area contributed by atoms with E-state index in [0.29, 0.717) is 5.56 Å². The van der Waals surface area contributed by atoms with Crippen LogP contribution < -0.4 is 0 Å². The highest BCUT2D eigenvalue weighted by molar-refractivity contribution is 5.91. The van der Waals surface area contributed by atoms with Crippen molar-refractivity contribution in [3.8, 4) is 5.75 Å². The van der Waals surface area contributed by atoms with Gasteiger partial charge in [0.1, 0.15) is 5.56 Å². The van der Waals surface area contributed by atoms with Gasteiger partial charge in [-0.3, -0.25) is 0 Å². The van der Waals surface area contributed by atoms with E-state index in [0.717, 1.165) is 6.07 Å². The van der Waals surface area contributed by atoms with Crippen LogP contribution in [0, 0.1) is 5.82 Å². The summed E-state index contributed by atoms with van der Waals surface area (Å²) in [4.78, 5) is 10.7. The summed E-state index contributed by atoms with van der Waals surface area (Å²) in [5.74, 6) is -3.18. The van der Waals surface area contributed by atoms with Crippen LogP contribution in [0.3, 0.4) is 0 Å². The van der Waals surface area contributed by atoms with E-state index in [-0.39, 0.29) is 12.7 Å². The van der Waals surface area contributed by atoms with Gasteiger partial charge in [0.15, 0.2) is 11.6 Å². The fraction of sp³-hybridized carbons (Fsp3) is 0.364. The van der Waals surface area contributed by atoms with Crippen LogP contribution in [0.15, 0.2) is 12.1 Å². The number of rotatable bonds is 4. The van der Waals surface area contributed by atoms with Crippen molar-refractivity contribution in [3.05, 3.63) is 29.1 Å². The number of ether oxygens (including phenoxy) is 1. The van der Waals surface area contributed by atoms with E-state index in [1.807, 2.05) is 13.8 Å². The standard InChI is InChI=1S/C11H13FO4/c1-6(2)16-5-7-3-8(11(14)15)10(13)9(12)4-7/h3-4,6,13H,5H2,1-2H3,(H,14,15). The number of hydrogen-bond acceptors (Lipinski definition) is 3. The van der Waals surface area contributed by atoms with Gasteiger partial charge in [-0.1, -0.05) is 0 Å². The quantitative estimate of drug-likeness (QED) is 0.828. The summed E-state index contributed by atoms with van der Waals surface area (Å²) in [6.45, 7) is 3.74. The minimum absolute atomic E-state index is 0.0369. The van der Waals surface area contributed by atoms with Gasteiger partial charge >= 0.3 is 5.97 Å². The molecular formula is C11H13FO4. The molecule has 0 aromatic heterocycles. The summed E-state index contributed by atoms with van der Waals surface area (Å²) < 4.78 is 18.4. The molecule has 0 unspecified atom stereocenters. The van der Waals surface area contributed by atoms with Crippen molar-refractivity contribution in [2.75, 3.05) is 0 Å². The molecule has 0 heterocycles. The van der Waals surface area contributed by atoms with Gasteiger partial charge < -0.3 is 14.9 Å². The van der Waals surface area contributed by atoms with Gasteiger partial charge in [-0.05, 0) is 31.5 Å². The maximum Gasteiger partial charge on any atom is 0.339 e. The molecule has 0 radical (unpaired) electrons. The number of halogens is 1. The van der Waals surface area contributed by atoms with Gasteiger partial charge in [0, 0.05) is 0 Å². The molecule has 0 saturated carbocycles. The Morgan fingerprint density at radius 3 is 2.62 bits per heavy atom. The number of carboxylic acids is 1. The Balaban J connectivity index is 3.00. The number of aromatic hydroxyl groups is 1. The second-order valence-electron chi connectivity index (χ2n) is 3.64. The molecule has 0 atom stereocenters. The minimum atomic E-state index is -1.37. The number of benzene rings is 1. The molecule has 0 saturated heterocycles. The SMILES string of the molecule is CC(C)OCc1cc(F)c(O)c(C(=O)O)c1. The molecule has 0 spiro atoms. The van der Waals surface area contributed by atoms with Crippen LogP contribution in [0.2, 0.25) is 0 Å². The first-order chi connectivity index (χ1) is 7.41. The van der Waals surface area contributed by atoms with Gasteiger partial charge in [0.25, 0.3) is 0 Å². The molecule has 5 heteroatoms. The van der Waals surface area contributed by atoms with Crippen LogP contribution in [-0.2, 0) is 11.3 Å². The number of carbonyl (C=O) groups is 1. The van der Waals surface area contributed by atoms with E-state index in [9.17, 15) is 14.3 Å². The Hall–Kier alpha value is -1.62. The zero-order valence-corrected chi connectivity index (χ0v) is 9.03. The zero-order chi connectivity index (χ0) is 12.3. The van der Waals surface area contributed by atoms with Crippen molar-refractivity contribution < 1.29 is 24.1 Å². The summed E-state index contributed by atoms with van der Waals surface area (Å²) in [6, 6.07) is 2.26. The number of phenols is 1. The van der Waals surface area contributed by atoms with E-state index in [4.69, 9.17) is 9.84 Å². The zero-order valence-electron chi connectivity index (χ0n) is 9.03. The lowest BCUT2D eigenvalue weighted by Gasteiger charge is -2.09. The Morgan fingerprint density at radius 2 is 2.12 bits per heavy atom. The van der Waals surface area contributed by atoms with Crippen LogP contribution in [-0.4, -0.2) is 22.3 Å². The first-order valence-electron chi connectivity index (χ1n) is 4.78. The smallest absolute Gasteiger partial charge is 0.339 e. The third kappa shape index (κ3) is 2.93. The average Bonchev–Trinajstić information content (AvgIpc) is 2.19.